The van der Waals surface area contributed by atoms with Crippen molar-refractivity contribution in [3.8, 4) is 0 Å². The van der Waals surface area contributed by atoms with Crippen molar-refractivity contribution in [2.45, 2.75) is 45.3 Å². The summed E-state index contributed by atoms with van der Waals surface area (Å²) in [5.41, 5.74) is 0.731. The zero-order valence-electron chi connectivity index (χ0n) is 13.9. The summed E-state index contributed by atoms with van der Waals surface area (Å²) in [5.74, 6) is 0.984. The van der Waals surface area contributed by atoms with Gasteiger partial charge < -0.3 is 15.0 Å². The third-order valence-corrected chi connectivity index (χ3v) is 4.57. The predicted octanol–water partition coefficient (Wildman–Crippen LogP) is 2.16. The van der Waals surface area contributed by atoms with E-state index in [1.54, 1.807) is 0 Å². The van der Waals surface area contributed by atoms with Crippen LogP contribution in [0.2, 0.25) is 0 Å². The van der Waals surface area contributed by atoms with Crippen LogP contribution in [0.4, 0.5) is 10.5 Å². The first-order valence-corrected chi connectivity index (χ1v) is 8.05. The molecule has 3 atom stereocenters. The Labute approximate surface area is 131 Å². The molecule has 2 bridgehead atoms. The van der Waals surface area contributed by atoms with E-state index < -0.39 is 5.60 Å². The minimum Gasteiger partial charge on any atom is -0.444 e. The summed E-state index contributed by atoms with van der Waals surface area (Å²) in [5, 5.41) is 7.36. The Kier molecular flexibility index (Phi) is 3.78. The van der Waals surface area contributed by atoms with E-state index in [0.717, 1.165) is 13.1 Å². The quantitative estimate of drug-likeness (QED) is 0.909. The Morgan fingerprint density at radius 3 is 2.45 bits per heavy atom. The Bertz CT molecular complexity index is 535. The minimum atomic E-state index is -0.445. The van der Waals surface area contributed by atoms with Crippen molar-refractivity contribution in [1.82, 2.24) is 15.1 Å². The van der Waals surface area contributed by atoms with E-state index in [1.165, 1.54) is 18.5 Å². The lowest BCUT2D eigenvalue weighted by atomic mass is 9.92. The molecule has 1 aromatic heterocycles. The number of ether oxygens (including phenoxy) is 1. The topological polar surface area (TPSA) is 59.4 Å². The van der Waals surface area contributed by atoms with Crippen LogP contribution < -0.4 is 10.2 Å². The van der Waals surface area contributed by atoms with Gasteiger partial charge in [0.25, 0.3) is 0 Å². The maximum absolute atomic E-state index is 12.0. The maximum atomic E-state index is 12.0. The number of rotatable bonds is 2. The first-order valence-electron chi connectivity index (χ1n) is 8.05. The van der Waals surface area contributed by atoms with Crippen molar-refractivity contribution >= 4 is 11.8 Å². The average Bonchev–Trinajstić information content (AvgIpc) is 2.89. The molecule has 6 heteroatoms. The summed E-state index contributed by atoms with van der Waals surface area (Å²) in [6.07, 6.45) is 6.02. The zero-order chi connectivity index (χ0) is 15.9. The molecule has 2 aliphatic rings. The van der Waals surface area contributed by atoms with Crippen LogP contribution in [0.1, 0.15) is 33.6 Å². The van der Waals surface area contributed by atoms with Crippen molar-refractivity contribution in [1.29, 1.82) is 0 Å². The number of aryl methyl sites for hydroxylation is 1. The lowest BCUT2D eigenvalue weighted by Gasteiger charge is -2.39. The molecule has 1 amide bonds. The van der Waals surface area contributed by atoms with Gasteiger partial charge >= 0.3 is 6.09 Å². The highest BCUT2D eigenvalue weighted by atomic mass is 16.6. The molecule has 0 aromatic carbocycles. The first-order chi connectivity index (χ1) is 10.3. The molecule has 3 rings (SSSR count). The molecule has 0 unspecified atom stereocenters. The van der Waals surface area contributed by atoms with Gasteiger partial charge in [0.15, 0.2) is 0 Å². The Balaban J connectivity index is 1.62. The van der Waals surface area contributed by atoms with Crippen molar-refractivity contribution in [3.05, 3.63) is 12.4 Å². The number of hydrogen-bond donors (Lipinski definition) is 1. The number of anilines is 1. The van der Waals surface area contributed by atoms with Gasteiger partial charge in [-0.2, -0.15) is 5.10 Å². The molecular formula is C16H26N4O2. The van der Waals surface area contributed by atoms with Crippen LogP contribution in [0.3, 0.4) is 0 Å². The van der Waals surface area contributed by atoms with E-state index >= 15 is 0 Å². The summed E-state index contributed by atoms with van der Waals surface area (Å²) in [4.78, 5) is 14.4. The van der Waals surface area contributed by atoms with Crippen molar-refractivity contribution in [2.75, 3.05) is 18.0 Å². The van der Waals surface area contributed by atoms with E-state index in [9.17, 15) is 4.79 Å². The molecular weight excluding hydrogens is 280 g/mol. The van der Waals surface area contributed by atoms with Crippen molar-refractivity contribution < 1.29 is 9.53 Å². The lowest BCUT2D eigenvalue weighted by molar-refractivity contribution is 0.0472. The van der Waals surface area contributed by atoms with Gasteiger partial charge in [-0.15, -0.1) is 0 Å². The van der Waals surface area contributed by atoms with E-state index in [-0.39, 0.29) is 12.1 Å². The van der Waals surface area contributed by atoms with E-state index in [1.807, 2.05) is 38.7 Å². The van der Waals surface area contributed by atoms with Crippen molar-refractivity contribution in [3.63, 3.8) is 0 Å². The largest absolute Gasteiger partial charge is 0.444 e. The average molecular weight is 306 g/mol. The molecule has 2 heterocycles. The summed E-state index contributed by atoms with van der Waals surface area (Å²) >= 11 is 0. The summed E-state index contributed by atoms with van der Waals surface area (Å²) < 4.78 is 7.24. The number of carbonyl (C=O) groups excluding carboxylic acids is 1. The SMILES string of the molecule is Cn1cc(N2C[C@H]3CC[C@@H](C2)[C@@H]3NC(=O)OC(C)(C)C)cn1. The third kappa shape index (κ3) is 3.20. The van der Waals surface area contributed by atoms with Crippen LogP contribution in [-0.2, 0) is 11.8 Å². The molecule has 0 radical (unpaired) electrons. The van der Waals surface area contributed by atoms with E-state index in [4.69, 9.17) is 4.74 Å². The Hall–Kier alpha value is -1.72. The number of hydrogen-bond acceptors (Lipinski definition) is 4. The number of carbonyl (C=O) groups is 1. The molecule has 1 aliphatic carbocycles. The van der Waals surface area contributed by atoms with Crippen LogP contribution in [0.15, 0.2) is 12.4 Å². The van der Waals surface area contributed by atoms with Crippen LogP contribution in [0.25, 0.3) is 0 Å². The van der Waals surface area contributed by atoms with Crippen LogP contribution in [0.5, 0.6) is 0 Å². The van der Waals surface area contributed by atoms with Gasteiger partial charge in [-0.3, -0.25) is 4.68 Å². The molecule has 122 valence electrons. The summed E-state index contributed by atoms with van der Waals surface area (Å²) in [6, 6.07) is 0.239. The third-order valence-electron chi connectivity index (χ3n) is 4.57. The number of fused-ring (bicyclic) bond motifs is 2. The van der Waals surface area contributed by atoms with Gasteiger partial charge in [-0.1, -0.05) is 0 Å². The maximum Gasteiger partial charge on any atom is 0.407 e. The van der Waals surface area contributed by atoms with Gasteiger partial charge in [-0.25, -0.2) is 4.79 Å². The number of nitrogens with one attached hydrogen (secondary N) is 1. The standard InChI is InChI=1S/C16H26N4O2/c1-16(2,3)22-15(21)18-14-11-5-6-12(14)9-20(8-11)13-7-17-19(4)10-13/h7,10-12,14H,5-6,8-9H2,1-4H3,(H,18,21)/t11-,12+,14-. The first kappa shape index (κ1) is 15.2. The fourth-order valence-corrected chi connectivity index (χ4v) is 3.68. The second-order valence-corrected chi connectivity index (χ2v) is 7.55. The highest BCUT2D eigenvalue weighted by Gasteiger charge is 2.43. The van der Waals surface area contributed by atoms with Gasteiger partial charge in [0.1, 0.15) is 5.60 Å². The van der Waals surface area contributed by atoms with Gasteiger partial charge in [0.05, 0.1) is 11.9 Å². The van der Waals surface area contributed by atoms with E-state index in [0.29, 0.717) is 11.8 Å². The molecule has 1 saturated heterocycles. The lowest BCUT2D eigenvalue weighted by Crippen LogP contribution is -2.53. The van der Waals surface area contributed by atoms with Gasteiger partial charge in [0, 0.05) is 32.4 Å². The highest BCUT2D eigenvalue weighted by Crippen LogP contribution is 2.38. The van der Waals surface area contributed by atoms with Gasteiger partial charge in [0.2, 0.25) is 0 Å². The summed E-state index contributed by atoms with van der Waals surface area (Å²) in [6.45, 7) is 7.63. The minimum absolute atomic E-state index is 0.239. The second-order valence-electron chi connectivity index (χ2n) is 7.55. The molecule has 0 spiro atoms. The highest BCUT2D eigenvalue weighted by molar-refractivity contribution is 5.68. The Morgan fingerprint density at radius 1 is 1.32 bits per heavy atom. The zero-order valence-corrected chi connectivity index (χ0v) is 13.9. The fourth-order valence-electron chi connectivity index (χ4n) is 3.68. The van der Waals surface area contributed by atoms with Crippen LogP contribution in [-0.4, -0.2) is 40.6 Å². The van der Waals surface area contributed by atoms with Crippen molar-refractivity contribution in [2.24, 2.45) is 18.9 Å². The summed E-state index contributed by atoms with van der Waals surface area (Å²) in [7, 11) is 1.94. The predicted molar refractivity (Wildman–Crippen MR) is 84.8 cm³/mol. The van der Waals surface area contributed by atoms with Crippen LogP contribution >= 0.6 is 0 Å². The normalized spacial score (nSPS) is 27.8. The molecule has 1 aliphatic heterocycles. The number of amides is 1. The van der Waals surface area contributed by atoms with E-state index in [2.05, 4.69) is 21.5 Å². The molecule has 1 N–H and O–H groups in total. The van der Waals surface area contributed by atoms with Crippen LogP contribution in [0, 0.1) is 11.8 Å². The second kappa shape index (κ2) is 5.48. The monoisotopic (exact) mass is 306 g/mol. The smallest absolute Gasteiger partial charge is 0.407 e. The number of aromatic nitrogens is 2. The number of piperidine rings is 1. The van der Waals surface area contributed by atoms with Gasteiger partial charge in [-0.05, 0) is 45.4 Å². The number of alkyl carbamates (subject to hydrolysis) is 1. The molecule has 1 aromatic rings. The number of nitrogens with zero attached hydrogens (tertiary/aromatic N) is 3. The fraction of sp³-hybridized carbons (Fsp3) is 0.750. The molecule has 2 fully saturated rings. The Morgan fingerprint density at radius 2 is 1.95 bits per heavy atom. The molecule has 6 nitrogen and oxygen atoms in total. The molecule has 22 heavy (non-hydrogen) atoms. The molecule has 1 saturated carbocycles.